The third-order valence-electron chi connectivity index (χ3n) is 3.00. The minimum absolute atomic E-state index is 0. The standard InChI is InChI=1S/C14H14N4S.ClH/c1-10-12(13-9-19-14(15-2)17-13)8-16-18(10)11-6-4-3-5-7-11;/h3-9H,1-2H3,(H,15,17);1H. The molecular weight excluding hydrogens is 292 g/mol. The second-order valence-corrected chi connectivity index (χ2v) is 5.04. The van der Waals surface area contributed by atoms with E-state index >= 15 is 0 Å². The number of hydrogen-bond acceptors (Lipinski definition) is 4. The van der Waals surface area contributed by atoms with Gasteiger partial charge in [0.25, 0.3) is 0 Å². The molecule has 3 aromatic rings. The van der Waals surface area contributed by atoms with E-state index in [1.165, 1.54) is 0 Å². The summed E-state index contributed by atoms with van der Waals surface area (Å²) in [7, 11) is 1.88. The van der Waals surface area contributed by atoms with Crippen molar-refractivity contribution in [2.24, 2.45) is 0 Å². The number of para-hydroxylation sites is 1. The fraction of sp³-hybridized carbons (Fsp3) is 0.143. The molecule has 0 unspecified atom stereocenters. The van der Waals surface area contributed by atoms with Gasteiger partial charge in [-0.15, -0.1) is 23.7 Å². The van der Waals surface area contributed by atoms with Crippen molar-refractivity contribution in [2.75, 3.05) is 12.4 Å². The van der Waals surface area contributed by atoms with Crippen molar-refractivity contribution in [3.63, 3.8) is 0 Å². The molecule has 4 nitrogen and oxygen atoms in total. The molecule has 0 saturated heterocycles. The predicted octanol–water partition coefficient (Wildman–Crippen LogP) is 3.77. The van der Waals surface area contributed by atoms with Crippen LogP contribution in [-0.4, -0.2) is 21.8 Å². The number of hydrogen-bond donors (Lipinski definition) is 1. The minimum Gasteiger partial charge on any atom is -0.365 e. The third kappa shape index (κ3) is 2.55. The lowest BCUT2D eigenvalue weighted by Gasteiger charge is -2.04. The molecule has 0 fully saturated rings. The van der Waals surface area contributed by atoms with Crippen LogP contribution >= 0.6 is 23.7 Å². The number of anilines is 1. The fourth-order valence-corrected chi connectivity index (χ4v) is 2.67. The molecule has 0 aliphatic heterocycles. The molecule has 20 heavy (non-hydrogen) atoms. The summed E-state index contributed by atoms with van der Waals surface area (Å²) in [6.07, 6.45) is 1.87. The number of halogens is 1. The monoisotopic (exact) mass is 306 g/mol. The summed E-state index contributed by atoms with van der Waals surface area (Å²) in [6.45, 7) is 2.06. The number of aromatic nitrogens is 3. The Kier molecular flexibility index (Phi) is 4.42. The highest BCUT2D eigenvalue weighted by Gasteiger charge is 2.12. The van der Waals surface area contributed by atoms with Crippen LogP contribution in [0.5, 0.6) is 0 Å². The van der Waals surface area contributed by atoms with Crippen molar-refractivity contribution in [1.29, 1.82) is 0 Å². The van der Waals surface area contributed by atoms with Crippen LogP contribution in [0.1, 0.15) is 5.69 Å². The summed E-state index contributed by atoms with van der Waals surface area (Å²) >= 11 is 1.60. The maximum Gasteiger partial charge on any atom is 0.182 e. The van der Waals surface area contributed by atoms with Crippen molar-refractivity contribution in [1.82, 2.24) is 14.8 Å². The quantitative estimate of drug-likeness (QED) is 0.801. The van der Waals surface area contributed by atoms with E-state index in [0.717, 1.165) is 27.8 Å². The predicted molar refractivity (Wildman–Crippen MR) is 86.2 cm³/mol. The van der Waals surface area contributed by atoms with Gasteiger partial charge in [-0.2, -0.15) is 5.10 Å². The smallest absolute Gasteiger partial charge is 0.182 e. The summed E-state index contributed by atoms with van der Waals surface area (Å²) in [5.41, 5.74) is 4.20. The summed E-state index contributed by atoms with van der Waals surface area (Å²) in [6, 6.07) is 10.1. The summed E-state index contributed by atoms with van der Waals surface area (Å²) in [5.74, 6) is 0. The number of thiazole rings is 1. The minimum atomic E-state index is 0. The fourth-order valence-electron chi connectivity index (χ4n) is 2.00. The maximum atomic E-state index is 4.52. The van der Waals surface area contributed by atoms with Crippen LogP contribution in [-0.2, 0) is 0 Å². The maximum absolute atomic E-state index is 4.52. The molecule has 0 aliphatic carbocycles. The van der Waals surface area contributed by atoms with Crippen molar-refractivity contribution in [3.8, 4) is 16.9 Å². The van der Waals surface area contributed by atoms with Crippen LogP contribution in [0.25, 0.3) is 16.9 Å². The zero-order valence-corrected chi connectivity index (χ0v) is 12.8. The number of nitrogens with one attached hydrogen (secondary N) is 1. The Balaban J connectivity index is 0.00000147. The first-order chi connectivity index (χ1) is 9.29. The Bertz CT molecular complexity index is 690. The van der Waals surface area contributed by atoms with E-state index in [2.05, 4.69) is 22.3 Å². The van der Waals surface area contributed by atoms with E-state index in [4.69, 9.17) is 0 Å². The molecule has 0 atom stereocenters. The zero-order chi connectivity index (χ0) is 13.2. The van der Waals surface area contributed by atoms with Crippen LogP contribution in [0.3, 0.4) is 0 Å². The van der Waals surface area contributed by atoms with Crippen LogP contribution < -0.4 is 5.32 Å². The third-order valence-corrected chi connectivity index (χ3v) is 3.86. The van der Waals surface area contributed by atoms with Crippen molar-refractivity contribution in [3.05, 3.63) is 47.6 Å². The summed E-state index contributed by atoms with van der Waals surface area (Å²) in [4.78, 5) is 4.52. The average molecular weight is 307 g/mol. The van der Waals surface area contributed by atoms with E-state index in [1.54, 1.807) is 11.3 Å². The first-order valence-electron chi connectivity index (χ1n) is 6.03. The largest absolute Gasteiger partial charge is 0.365 e. The van der Waals surface area contributed by atoms with Gasteiger partial charge in [-0.1, -0.05) is 18.2 Å². The Morgan fingerprint density at radius 3 is 2.60 bits per heavy atom. The lowest BCUT2D eigenvalue weighted by atomic mass is 10.2. The van der Waals surface area contributed by atoms with Crippen molar-refractivity contribution in [2.45, 2.75) is 6.92 Å². The highest BCUT2D eigenvalue weighted by atomic mass is 35.5. The van der Waals surface area contributed by atoms with E-state index in [0.29, 0.717) is 0 Å². The SMILES string of the molecule is CNc1nc(-c2cnn(-c3ccccc3)c2C)cs1.Cl. The van der Waals surface area contributed by atoms with Gasteiger partial charge < -0.3 is 5.32 Å². The molecule has 1 N–H and O–H groups in total. The second-order valence-electron chi connectivity index (χ2n) is 4.18. The number of benzene rings is 1. The van der Waals surface area contributed by atoms with Crippen LogP contribution in [0, 0.1) is 6.92 Å². The molecule has 0 saturated carbocycles. The lowest BCUT2D eigenvalue weighted by molar-refractivity contribution is 0.847. The molecule has 6 heteroatoms. The van der Waals surface area contributed by atoms with Gasteiger partial charge in [0, 0.05) is 18.0 Å². The van der Waals surface area contributed by atoms with E-state index < -0.39 is 0 Å². The summed E-state index contributed by atoms with van der Waals surface area (Å²) in [5, 5.41) is 10.5. The second kappa shape index (κ2) is 6.07. The summed E-state index contributed by atoms with van der Waals surface area (Å²) < 4.78 is 1.94. The van der Waals surface area contributed by atoms with Crippen LogP contribution in [0.2, 0.25) is 0 Å². The molecule has 0 aliphatic rings. The Morgan fingerprint density at radius 1 is 1.20 bits per heavy atom. The molecule has 0 radical (unpaired) electrons. The van der Waals surface area contributed by atoms with Gasteiger partial charge in [-0.05, 0) is 19.1 Å². The van der Waals surface area contributed by atoms with Gasteiger partial charge in [0.1, 0.15) is 0 Å². The normalized spacial score (nSPS) is 10.1. The van der Waals surface area contributed by atoms with E-state index in [1.807, 2.05) is 53.6 Å². The van der Waals surface area contributed by atoms with E-state index in [9.17, 15) is 0 Å². The van der Waals surface area contributed by atoms with E-state index in [-0.39, 0.29) is 12.4 Å². The van der Waals surface area contributed by atoms with Crippen molar-refractivity contribution < 1.29 is 0 Å². The highest BCUT2D eigenvalue weighted by molar-refractivity contribution is 7.14. The Morgan fingerprint density at radius 2 is 1.95 bits per heavy atom. The average Bonchev–Trinajstić information content (AvgIpc) is 3.06. The Labute approximate surface area is 127 Å². The van der Waals surface area contributed by atoms with Gasteiger partial charge in [-0.3, -0.25) is 0 Å². The molecule has 3 rings (SSSR count). The molecule has 0 spiro atoms. The van der Waals surface area contributed by atoms with Crippen LogP contribution in [0.15, 0.2) is 41.9 Å². The molecule has 104 valence electrons. The van der Waals surface area contributed by atoms with Gasteiger partial charge in [0.05, 0.1) is 23.3 Å². The molecule has 2 heterocycles. The number of rotatable bonds is 3. The first-order valence-corrected chi connectivity index (χ1v) is 6.91. The highest BCUT2D eigenvalue weighted by Crippen LogP contribution is 2.28. The first kappa shape index (κ1) is 14.6. The molecule has 1 aromatic carbocycles. The van der Waals surface area contributed by atoms with Gasteiger partial charge >= 0.3 is 0 Å². The van der Waals surface area contributed by atoms with Gasteiger partial charge in [0.2, 0.25) is 0 Å². The van der Waals surface area contributed by atoms with Crippen LogP contribution in [0.4, 0.5) is 5.13 Å². The van der Waals surface area contributed by atoms with Gasteiger partial charge in [0.15, 0.2) is 5.13 Å². The molecule has 2 aromatic heterocycles. The molecule has 0 amide bonds. The lowest BCUT2D eigenvalue weighted by Crippen LogP contribution is -1.98. The van der Waals surface area contributed by atoms with Gasteiger partial charge in [-0.25, -0.2) is 9.67 Å². The zero-order valence-electron chi connectivity index (χ0n) is 11.2. The van der Waals surface area contributed by atoms with Crippen molar-refractivity contribution >= 4 is 28.9 Å². The molecular formula is C14H15ClN4S. The Hall–Kier alpha value is -1.85. The number of nitrogens with zero attached hydrogens (tertiary/aromatic N) is 3. The molecule has 0 bridgehead atoms. The topological polar surface area (TPSA) is 42.7 Å².